The Labute approximate surface area is 148 Å². The van der Waals surface area contributed by atoms with Crippen LogP contribution in [0, 0.1) is 0 Å². The average molecular weight is 355 g/mol. The molecule has 2 amide bonds. The molecule has 25 heavy (non-hydrogen) atoms. The van der Waals surface area contributed by atoms with Crippen LogP contribution in [-0.4, -0.2) is 41.0 Å². The van der Waals surface area contributed by atoms with Gasteiger partial charge in [-0.05, 0) is 25.2 Å². The van der Waals surface area contributed by atoms with Crippen LogP contribution in [0.3, 0.4) is 0 Å². The van der Waals surface area contributed by atoms with Crippen molar-refractivity contribution in [1.82, 2.24) is 20.2 Å². The van der Waals surface area contributed by atoms with E-state index in [0.29, 0.717) is 29.5 Å². The van der Waals surface area contributed by atoms with Crippen LogP contribution >= 0.6 is 11.3 Å². The molecule has 7 nitrogen and oxygen atoms in total. The number of benzene rings is 1. The van der Waals surface area contributed by atoms with E-state index in [4.69, 9.17) is 0 Å². The van der Waals surface area contributed by atoms with E-state index in [1.807, 2.05) is 35.2 Å². The molecule has 128 valence electrons. The second-order valence-corrected chi connectivity index (χ2v) is 6.83. The molecule has 3 aromatic rings. The summed E-state index contributed by atoms with van der Waals surface area (Å²) < 4.78 is 1.98. The summed E-state index contributed by atoms with van der Waals surface area (Å²) in [6, 6.07) is 7.35. The molecule has 0 radical (unpaired) electrons. The lowest BCUT2D eigenvalue weighted by atomic mass is 10.1. The Morgan fingerprint density at radius 2 is 2.32 bits per heavy atom. The molecule has 0 saturated heterocycles. The lowest BCUT2D eigenvalue weighted by Crippen LogP contribution is -2.48. The Morgan fingerprint density at radius 3 is 3.08 bits per heavy atom. The number of anilines is 1. The van der Waals surface area contributed by atoms with E-state index < -0.39 is 0 Å². The standard InChI is InChI=1S/C17H17N5O2S/c1-18-8-12-9-22-13-7-11(15(23)21-17-19-4-5-25-17)3-2-10(13)6-14(22)16(24)20-12/h2-7,12,18H,8-9H2,1H3,(H,20,24)(H,19,21,23). The second kappa shape index (κ2) is 6.30. The SMILES string of the molecule is CNCC1Cn2c(cc3ccc(C(=O)Nc4nccs4)cc32)C(=O)N1. The second-order valence-electron chi connectivity index (χ2n) is 5.93. The molecule has 1 atom stereocenters. The Morgan fingerprint density at radius 1 is 1.44 bits per heavy atom. The summed E-state index contributed by atoms with van der Waals surface area (Å²) in [5, 5.41) is 12.2. The predicted molar refractivity (Wildman–Crippen MR) is 97.2 cm³/mol. The first kappa shape index (κ1) is 15.8. The first-order valence-corrected chi connectivity index (χ1v) is 8.83. The van der Waals surface area contributed by atoms with Gasteiger partial charge in [-0.15, -0.1) is 11.3 Å². The minimum atomic E-state index is -0.209. The molecular formula is C17H17N5O2S. The minimum Gasteiger partial charge on any atom is -0.345 e. The van der Waals surface area contributed by atoms with E-state index in [9.17, 15) is 9.59 Å². The van der Waals surface area contributed by atoms with Crippen LogP contribution in [0.5, 0.6) is 0 Å². The maximum atomic E-state index is 12.4. The van der Waals surface area contributed by atoms with Crippen LogP contribution in [0.4, 0.5) is 5.13 Å². The molecule has 0 spiro atoms. The summed E-state index contributed by atoms with van der Waals surface area (Å²) in [5.74, 6) is -0.295. The van der Waals surface area contributed by atoms with Crippen LogP contribution < -0.4 is 16.0 Å². The Kier molecular flexibility index (Phi) is 3.98. The topological polar surface area (TPSA) is 88.1 Å². The summed E-state index contributed by atoms with van der Waals surface area (Å²) in [7, 11) is 1.86. The summed E-state index contributed by atoms with van der Waals surface area (Å²) in [6.45, 7) is 1.36. The fraction of sp³-hybridized carbons (Fsp3) is 0.235. The van der Waals surface area contributed by atoms with Crippen LogP contribution in [0.15, 0.2) is 35.8 Å². The van der Waals surface area contributed by atoms with Gasteiger partial charge in [0.25, 0.3) is 11.8 Å². The number of carbonyl (C=O) groups is 2. The first-order chi connectivity index (χ1) is 12.2. The van der Waals surface area contributed by atoms with Gasteiger partial charge in [0, 0.05) is 41.1 Å². The molecule has 8 heteroatoms. The molecule has 0 fully saturated rings. The van der Waals surface area contributed by atoms with Gasteiger partial charge in [0.2, 0.25) is 0 Å². The number of nitrogens with zero attached hydrogens (tertiary/aromatic N) is 2. The molecule has 1 aliphatic heterocycles. The van der Waals surface area contributed by atoms with Gasteiger partial charge in [0.05, 0.1) is 6.04 Å². The molecular weight excluding hydrogens is 338 g/mol. The van der Waals surface area contributed by atoms with Crippen LogP contribution in [0.1, 0.15) is 20.8 Å². The van der Waals surface area contributed by atoms with Crippen molar-refractivity contribution in [2.75, 3.05) is 18.9 Å². The van der Waals surface area contributed by atoms with Crippen molar-refractivity contribution in [3.63, 3.8) is 0 Å². The van der Waals surface area contributed by atoms with Gasteiger partial charge in [0.1, 0.15) is 5.69 Å². The zero-order valence-electron chi connectivity index (χ0n) is 13.6. The maximum Gasteiger partial charge on any atom is 0.268 e. The fourth-order valence-corrected chi connectivity index (χ4v) is 3.65. The molecule has 1 aromatic carbocycles. The Balaban J connectivity index is 1.70. The van der Waals surface area contributed by atoms with Crippen LogP contribution in [-0.2, 0) is 6.54 Å². The monoisotopic (exact) mass is 355 g/mol. The van der Waals surface area contributed by atoms with Crippen molar-refractivity contribution in [3.8, 4) is 0 Å². The number of likely N-dealkylation sites (N-methyl/N-ethyl adjacent to an activating group) is 1. The van der Waals surface area contributed by atoms with Crippen molar-refractivity contribution in [2.45, 2.75) is 12.6 Å². The highest BCUT2D eigenvalue weighted by Gasteiger charge is 2.26. The quantitative estimate of drug-likeness (QED) is 0.664. The predicted octanol–water partition coefficient (Wildman–Crippen LogP) is 1.68. The Bertz CT molecular complexity index is 948. The number of amides is 2. The van der Waals surface area contributed by atoms with E-state index in [1.54, 1.807) is 12.3 Å². The molecule has 3 heterocycles. The van der Waals surface area contributed by atoms with Crippen LogP contribution in [0.2, 0.25) is 0 Å². The van der Waals surface area contributed by atoms with E-state index in [1.165, 1.54) is 11.3 Å². The van der Waals surface area contributed by atoms with Gasteiger partial charge in [0.15, 0.2) is 5.13 Å². The smallest absolute Gasteiger partial charge is 0.268 e. The highest BCUT2D eigenvalue weighted by Crippen LogP contribution is 2.25. The molecule has 0 aliphatic carbocycles. The molecule has 0 saturated carbocycles. The van der Waals surface area contributed by atoms with Crippen LogP contribution in [0.25, 0.3) is 10.9 Å². The summed E-state index contributed by atoms with van der Waals surface area (Å²) >= 11 is 1.37. The van der Waals surface area contributed by atoms with Gasteiger partial charge in [-0.25, -0.2) is 4.98 Å². The summed E-state index contributed by atoms with van der Waals surface area (Å²) in [4.78, 5) is 28.8. The van der Waals surface area contributed by atoms with E-state index in [-0.39, 0.29) is 17.9 Å². The van der Waals surface area contributed by atoms with Gasteiger partial charge in [-0.3, -0.25) is 14.9 Å². The van der Waals surface area contributed by atoms with Crippen molar-refractivity contribution < 1.29 is 9.59 Å². The number of fused-ring (bicyclic) bond motifs is 3. The number of nitrogens with one attached hydrogen (secondary N) is 3. The zero-order chi connectivity index (χ0) is 17.4. The number of hydrogen-bond donors (Lipinski definition) is 3. The zero-order valence-corrected chi connectivity index (χ0v) is 14.4. The lowest BCUT2D eigenvalue weighted by molar-refractivity contribution is 0.0902. The summed E-state index contributed by atoms with van der Waals surface area (Å²) in [5.41, 5.74) is 2.05. The molecule has 2 aromatic heterocycles. The molecule has 0 bridgehead atoms. The van der Waals surface area contributed by atoms with E-state index in [2.05, 4.69) is 20.9 Å². The third kappa shape index (κ3) is 2.90. The van der Waals surface area contributed by atoms with Crippen molar-refractivity contribution in [1.29, 1.82) is 0 Å². The third-order valence-electron chi connectivity index (χ3n) is 4.24. The highest BCUT2D eigenvalue weighted by molar-refractivity contribution is 7.13. The van der Waals surface area contributed by atoms with E-state index in [0.717, 1.165) is 10.9 Å². The fourth-order valence-electron chi connectivity index (χ4n) is 3.12. The normalized spacial score (nSPS) is 16.5. The molecule has 4 rings (SSSR count). The number of thiazole rings is 1. The van der Waals surface area contributed by atoms with Crippen molar-refractivity contribution >= 4 is 39.2 Å². The summed E-state index contributed by atoms with van der Waals surface area (Å²) in [6.07, 6.45) is 1.65. The van der Waals surface area contributed by atoms with Gasteiger partial charge in [-0.1, -0.05) is 6.07 Å². The average Bonchev–Trinajstić information content (AvgIpc) is 3.22. The van der Waals surface area contributed by atoms with Gasteiger partial charge < -0.3 is 15.2 Å². The highest BCUT2D eigenvalue weighted by atomic mass is 32.1. The molecule has 3 N–H and O–H groups in total. The number of rotatable bonds is 4. The van der Waals surface area contributed by atoms with Gasteiger partial charge in [-0.2, -0.15) is 0 Å². The number of carbonyl (C=O) groups excluding carboxylic acids is 2. The molecule has 1 aliphatic rings. The largest absolute Gasteiger partial charge is 0.345 e. The van der Waals surface area contributed by atoms with Crippen molar-refractivity contribution in [2.24, 2.45) is 0 Å². The Hall–Kier alpha value is -2.71. The van der Waals surface area contributed by atoms with Crippen molar-refractivity contribution in [3.05, 3.63) is 47.1 Å². The van der Waals surface area contributed by atoms with Gasteiger partial charge >= 0.3 is 0 Å². The first-order valence-electron chi connectivity index (χ1n) is 7.95. The third-order valence-corrected chi connectivity index (χ3v) is 4.93. The maximum absolute atomic E-state index is 12.4. The van der Waals surface area contributed by atoms with E-state index >= 15 is 0 Å². The molecule has 1 unspecified atom stereocenters. The number of hydrogen-bond acceptors (Lipinski definition) is 5. The lowest BCUT2D eigenvalue weighted by Gasteiger charge is -2.26. The number of aromatic nitrogens is 2. The minimum absolute atomic E-state index is 0.0217.